The molecule has 0 saturated carbocycles. The second-order valence-corrected chi connectivity index (χ2v) is 8.06. The molecule has 1 rings (SSSR count). The summed E-state index contributed by atoms with van der Waals surface area (Å²) in [5, 5.41) is 15.1. The van der Waals surface area contributed by atoms with E-state index in [4.69, 9.17) is 4.74 Å². The number of amides is 3. The Bertz CT molecular complexity index is 715. The fourth-order valence-corrected chi connectivity index (χ4v) is 2.80. The first kappa shape index (κ1) is 24.3. The topological polar surface area (TPSA) is 108 Å². The second-order valence-electron chi connectivity index (χ2n) is 8.06. The number of phenolic OH excluding ortho intramolecular Hbond substituents is 1. The van der Waals surface area contributed by atoms with Crippen LogP contribution >= 0.6 is 0 Å². The van der Waals surface area contributed by atoms with Crippen molar-refractivity contribution in [2.75, 3.05) is 13.6 Å². The van der Waals surface area contributed by atoms with Gasteiger partial charge in [0.1, 0.15) is 23.9 Å². The van der Waals surface area contributed by atoms with E-state index in [1.54, 1.807) is 32.9 Å². The van der Waals surface area contributed by atoms with E-state index in [9.17, 15) is 19.5 Å². The summed E-state index contributed by atoms with van der Waals surface area (Å²) in [4.78, 5) is 38.6. The largest absolute Gasteiger partial charge is 0.508 e. The number of ether oxygens (including phenoxy) is 1. The molecule has 8 nitrogen and oxygen atoms in total. The van der Waals surface area contributed by atoms with E-state index < -0.39 is 23.6 Å². The zero-order chi connectivity index (χ0) is 22.2. The smallest absolute Gasteiger partial charge is 0.408 e. The zero-order valence-corrected chi connectivity index (χ0v) is 18.1. The van der Waals surface area contributed by atoms with Crippen LogP contribution in [0.25, 0.3) is 0 Å². The molecule has 162 valence electrons. The number of hydrogen-bond donors (Lipinski definition) is 3. The maximum absolute atomic E-state index is 12.9. The van der Waals surface area contributed by atoms with Crippen LogP contribution in [0.3, 0.4) is 0 Å². The molecule has 1 aromatic rings. The Hall–Kier alpha value is -2.77. The molecule has 0 bridgehead atoms. The van der Waals surface area contributed by atoms with E-state index in [-0.39, 0.29) is 24.2 Å². The number of nitrogens with zero attached hydrogens (tertiary/aromatic N) is 1. The van der Waals surface area contributed by atoms with Crippen LogP contribution in [0.1, 0.15) is 59.1 Å². The van der Waals surface area contributed by atoms with E-state index in [2.05, 4.69) is 10.6 Å². The van der Waals surface area contributed by atoms with Crippen molar-refractivity contribution in [1.29, 1.82) is 0 Å². The Kier molecular flexibility index (Phi) is 8.94. The molecule has 0 heterocycles. The van der Waals surface area contributed by atoms with Crippen molar-refractivity contribution < 1.29 is 24.2 Å². The molecule has 2 unspecified atom stereocenters. The van der Waals surface area contributed by atoms with Crippen molar-refractivity contribution in [3.63, 3.8) is 0 Å². The highest BCUT2D eigenvalue weighted by Gasteiger charge is 2.30. The van der Waals surface area contributed by atoms with Gasteiger partial charge in [-0.15, -0.1) is 0 Å². The molecule has 0 aliphatic carbocycles. The third-order valence-corrected chi connectivity index (χ3v) is 4.11. The third-order valence-electron chi connectivity index (χ3n) is 4.11. The summed E-state index contributed by atoms with van der Waals surface area (Å²) in [5.74, 6) is -0.832. The van der Waals surface area contributed by atoms with Gasteiger partial charge in [-0.25, -0.2) is 4.79 Å². The van der Waals surface area contributed by atoms with E-state index in [1.807, 2.05) is 13.8 Å². The lowest BCUT2D eigenvalue weighted by Gasteiger charge is -2.29. The van der Waals surface area contributed by atoms with Gasteiger partial charge < -0.3 is 25.4 Å². The van der Waals surface area contributed by atoms with Crippen molar-refractivity contribution in [3.8, 4) is 5.75 Å². The first-order chi connectivity index (χ1) is 13.4. The van der Waals surface area contributed by atoms with Crippen molar-refractivity contribution in [3.05, 3.63) is 29.8 Å². The normalized spacial score (nSPS) is 13.2. The predicted molar refractivity (Wildman–Crippen MR) is 110 cm³/mol. The molecule has 0 spiro atoms. The summed E-state index contributed by atoms with van der Waals surface area (Å²) in [7, 11) is 1.48. The van der Waals surface area contributed by atoms with Gasteiger partial charge in [0, 0.05) is 13.1 Å². The van der Waals surface area contributed by atoms with Gasteiger partial charge in [0.05, 0.1) is 0 Å². The number of benzene rings is 1. The number of aromatic hydroxyl groups is 1. The Morgan fingerprint density at radius 1 is 1.24 bits per heavy atom. The highest BCUT2D eigenvalue weighted by molar-refractivity contribution is 5.90. The average molecular weight is 408 g/mol. The van der Waals surface area contributed by atoms with Crippen LogP contribution in [0.2, 0.25) is 0 Å². The van der Waals surface area contributed by atoms with E-state index >= 15 is 0 Å². The van der Waals surface area contributed by atoms with Crippen LogP contribution in [-0.4, -0.2) is 53.1 Å². The van der Waals surface area contributed by atoms with Crippen molar-refractivity contribution in [1.82, 2.24) is 15.5 Å². The average Bonchev–Trinajstić information content (AvgIpc) is 2.58. The van der Waals surface area contributed by atoms with Crippen LogP contribution in [0.5, 0.6) is 5.75 Å². The molecule has 0 fully saturated rings. The number of carbonyl (C=O) groups is 3. The van der Waals surface area contributed by atoms with E-state index in [0.717, 1.165) is 12.8 Å². The van der Waals surface area contributed by atoms with Gasteiger partial charge in [0.25, 0.3) is 0 Å². The van der Waals surface area contributed by atoms with Crippen molar-refractivity contribution >= 4 is 17.9 Å². The molecular formula is C21H33N3O5. The Labute approximate surface area is 172 Å². The molecule has 3 amide bonds. The molecule has 0 aliphatic rings. The molecule has 2 atom stereocenters. The van der Waals surface area contributed by atoms with Gasteiger partial charge in [-0.1, -0.05) is 25.5 Å². The molecule has 3 N–H and O–H groups in total. The van der Waals surface area contributed by atoms with Crippen LogP contribution in [-0.2, 0) is 14.3 Å². The van der Waals surface area contributed by atoms with Crippen LogP contribution < -0.4 is 10.6 Å². The zero-order valence-electron chi connectivity index (χ0n) is 18.1. The minimum Gasteiger partial charge on any atom is -0.508 e. The third kappa shape index (κ3) is 8.41. The Morgan fingerprint density at radius 3 is 2.45 bits per heavy atom. The van der Waals surface area contributed by atoms with Crippen LogP contribution in [0.4, 0.5) is 4.79 Å². The molecule has 0 aliphatic heterocycles. The highest BCUT2D eigenvalue weighted by atomic mass is 16.6. The summed E-state index contributed by atoms with van der Waals surface area (Å²) < 4.78 is 5.12. The van der Waals surface area contributed by atoms with Gasteiger partial charge in [-0.2, -0.15) is 0 Å². The van der Waals surface area contributed by atoms with Gasteiger partial charge in [0.15, 0.2) is 0 Å². The summed E-state index contributed by atoms with van der Waals surface area (Å²) >= 11 is 0. The first-order valence-corrected chi connectivity index (χ1v) is 9.76. The molecule has 29 heavy (non-hydrogen) atoms. The van der Waals surface area contributed by atoms with Crippen molar-refractivity contribution in [2.45, 2.75) is 65.1 Å². The standard InChI is InChI=1S/C21H33N3O5/c1-7-9-14(2)23-19(27)18(15-10-8-11-16(25)12-15)24(6)17(26)13-22-20(28)29-21(3,4)5/h8,10-12,14,18,25H,7,9,13H2,1-6H3,(H,22,28)(H,23,27). The number of alkyl carbamates (subject to hydrolysis) is 1. The molecule has 1 aromatic carbocycles. The Morgan fingerprint density at radius 2 is 1.90 bits per heavy atom. The number of phenols is 1. The van der Waals surface area contributed by atoms with Gasteiger partial charge in [-0.05, 0) is 51.8 Å². The number of likely N-dealkylation sites (N-methyl/N-ethyl adjacent to an activating group) is 1. The second kappa shape index (κ2) is 10.7. The van der Waals surface area contributed by atoms with Gasteiger partial charge in [-0.3, -0.25) is 9.59 Å². The number of hydrogen-bond acceptors (Lipinski definition) is 5. The first-order valence-electron chi connectivity index (χ1n) is 9.76. The summed E-state index contributed by atoms with van der Waals surface area (Å²) in [5.41, 5.74) is -0.211. The highest BCUT2D eigenvalue weighted by Crippen LogP contribution is 2.24. The van der Waals surface area contributed by atoms with Gasteiger partial charge >= 0.3 is 6.09 Å². The van der Waals surface area contributed by atoms with Crippen LogP contribution in [0.15, 0.2) is 24.3 Å². The number of carbonyl (C=O) groups excluding carboxylic acids is 3. The Balaban J connectivity index is 2.95. The lowest BCUT2D eigenvalue weighted by Crippen LogP contribution is -2.47. The SMILES string of the molecule is CCCC(C)NC(=O)C(c1cccc(O)c1)N(C)C(=O)CNC(=O)OC(C)(C)C. The molecular weight excluding hydrogens is 374 g/mol. The molecule has 0 aromatic heterocycles. The fourth-order valence-electron chi connectivity index (χ4n) is 2.80. The monoisotopic (exact) mass is 407 g/mol. The number of rotatable bonds is 8. The summed E-state index contributed by atoms with van der Waals surface area (Å²) in [6.07, 6.45) is 0.998. The maximum Gasteiger partial charge on any atom is 0.408 e. The summed E-state index contributed by atoms with van der Waals surface area (Å²) in [6, 6.07) is 5.20. The fraction of sp³-hybridized carbons (Fsp3) is 0.571. The minimum absolute atomic E-state index is 0.00497. The van der Waals surface area contributed by atoms with Gasteiger partial charge in [0.2, 0.25) is 11.8 Å². The van der Waals surface area contributed by atoms with Crippen LogP contribution in [0, 0.1) is 0 Å². The summed E-state index contributed by atoms with van der Waals surface area (Å²) in [6.45, 7) is 8.76. The lowest BCUT2D eigenvalue weighted by atomic mass is 10.0. The number of nitrogens with one attached hydrogen (secondary N) is 2. The minimum atomic E-state index is -0.950. The predicted octanol–water partition coefficient (Wildman–Crippen LogP) is 2.72. The lowest BCUT2D eigenvalue weighted by molar-refractivity contribution is -0.138. The quantitative estimate of drug-likeness (QED) is 0.614. The molecule has 0 saturated heterocycles. The van der Waals surface area contributed by atoms with E-state index in [0.29, 0.717) is 5.56 Å². The van der Waals surface area contributed by atoms with Crippen molar-refractivity contribution in [2.24, 2.45) is 0 Å². The molecule has 8 heteroatoms. The molecule has 0 radical (unpaired) electrons. The maximum atomic E-state index is 12.9. The van der Waals surface area contributed by atoms with E-state index in [1.165, 1.54) is 24.1 Å².